The Morgan fingerprint density at radius 1 is 1.16 bits per heavy atom. The van der Waals surface area contributed by atoms with E-state index in [9.17, 15) is 4.79 Å². The van der Waals surface area contributed by atoms with Gasteiger partial charge in [-0.15, -0.1) is 21.5 Å². The summed E-state index contributed by atoms with van der Waals surface area (Å²) < 4.78 is 10.7. The number of thioether (sulfide) groups is 1. The molecule has 0 fully saturated rings. The van der Waals surface area contributed by atoms with Crippen molar-refractivity contribution in [3.63, 3.8) is 0 Å². The van der Waals surface area contributed by atoms with Gasteiger partial charge in [0.05, 0.1) is 23.6 Å². The number of methoxy groups -OCH3 is 1. The first kappa shape index (κ1) is 21.6. The van der Waals surface area contributed by atoms with Gasteiger partial charge in [-0.25, -0.2) is 4.98 Å². The Hall–Kier alpha value is -2.59. The van der Waals surface area contributed by atoms with E-state index in [1.54, 1.807) is 43.5 Å². The molecule has 0 aliphatic carbocycles. The molecule has 0 aliphatic heterocycles. The fourth-order valence-corrected chi connectivity index (χ4v) is 4.23. The van der Waals surface area contributed by atoms with E-state index in [0.717, 1.165) is 22.9 Å². The van der Waals surface area contributed by atoms with E-state index in [4.69, 9.17) is 32.4 Å². The number of hydrogen-bond donors (Lipinski definition) is 1. The van der Waals surface area contributed by atoms with Crippen LogP contribution in [-0.4, -0.2) is 34.0 Å². The Morgan fingerprint density at radius 2 is 1.94 bits per heavy atom. The molecule has 0 spiro atoms. The average Bonchev–Trinajstić information content (AvgIpc) is 3.43. The van der Waals surface area contributed by atoms with Crippen molar-refractivity contribution in [3.8, 4) is 28.5 Å². The highest BCUT2D eigenvalue weighted by Crippen LogP contribution is 2.32. The number of nitrogens with zero attached hydrogens (tertiary/aromatic N) is 3. The Labute approximate surface area is 195 Å². The molecular formula is C20H14Cl2N4O3S2. The number of nitrogens with one attached hydrogen (secondary N) is 1. The van der Waals surface area contributed by atoms with Crippen LogP contribution in [-0.2, 0) is 4.79 Å². The Bertz CT molecular complexity index is 1210. The summed E-state index contributed by atoms with van der Waals surface area (Å²) in [7, 11) is 1.56. The van der Waals surface area contributed by atoms with Gasteiger partial charge in [-0.2, -0.15) is 0 Å². The second-order valence-electron chi connectivity index (χ2n) is 6.10. The van der Waals surface area contributed by atoms with Crippen molar-refractivity contribution in [2.24, 2.45) is 0 Å². The number of halogens is 2. The van der Waals surface area contributed by atoms with Crippen molar-refractivity contribution in [1.82, 2.24) is 15.2 Å². The number of rotatable bonds is 7. The average molecular weight is 493 g/mol. The van der Waals surface area contributed by atoms with Gasteiger partial charge < -0.3 is 14.5 Å². The molecule has 0 atom stereocenters. The molecule has 0 unspecified atom stereocenters. The molecule has 0 bridgehead atoms. The largest absolute Gasteiger partial charge is 0.495 e. The van der Waals surface area contributed by atoms with Gasteiger partial charge in [0.1, 0.15) is 5.75 Å². The number of carbonyl (C=O) groups is 1. The van der Waals surface area contributed by atoms with Crippen LogP contribution in [0.4, 0.5) is 5.13 Å². The molecule has 0 saturated heterocycles. The normalized spacial score (nSPS) is 10.8. The zero-order chi connectivity index (χ0) is 21.8. The van der Waals surface area contributed by atoms with Crippen LogP contribution in [0.3, 0.4) is 0 Å². The SMILES string of the molecule is COc1ccc(-c2csc(NC(=O)CSc3nnc(-c4ccc(Cl)cc4)o3)n2)cc1Cl. The van der Waals surface area contributed by atoms with E-state index in [1.807, 2.05) is 11.4 Å². The van der Waals surface area contributed by atoms with Gasteiger partial charge in [0.25, 0.3) is 5.22 Å². The van der Waals surface area contributed by atoms with Gasteiger partial charge in [0.15, 0.2) is 5.13 Å². The summed E-state index contributed by atoms with van der Waals surface area (Å²) in [4.78, 5) is 16.7. The number of ether oxygens (including phenoxy) is 1. The lowest BCUT2D eigenvalue weighted by molar-refractivity contribution is -0.113. The number of thiazole rings is 1. The summed E-state index contributed by atoms with van der Waals surface area (Å²) in [6.07, 6.45) is 0. The minimum atomic E-state index is -0.232. The quantitative estimate of drug-likeness (QED) is 0.320. The van der Waals surface area contributed by atoms with Gasteiger partial charge >= 0.3 is 0 Å². The van der Waals surface area contributed by atoms with Crippen LogP contribution >= 0.6 is 46.3 Å². The van der Waals surface area contributed by atoms with E-state index >= 15 is 0 Å². The molecule has 11 heteroatoms. The smallest absolute Gasteiger partial charge is 0.277 e. The lowest BCUT2D eigenvalue weighted by Crippen LogP contribution is -2.13. The highest BCUT2D eigenvalue weighted by atomic mass is 35.5. The topological polar surface area (TPSA) is 90.1 Å². The molecule has 1 amide bonds. The molecule has 4 rings (SSSR count). The number of aromatic nitrogens is 3. The van der Waals surface area contributed by atoms with Crippen molar-refractivity contribution < 1.29 is 13.9 Å². The van der Waals surface area contributed by atoms with Gasteiger partial charge in [-0.05, 0) is 42.5 Å². The van der Waals surface area contributed by atoms with Crippen LogP contribution in [0.5, 0.6) is 5.75 Å². The maximum Gasteiger partial charge on any atom is 0.277 e. The summed E-state index contributed by atoms with van der Waals surface area (Å²) in [5.41, 5.74) is 2.29. The summed E-state index contributed by atoms with van der Waals surface area (Å²) in [5, 5.41) is 14.5. The number of hydrogen-bond acceptors (Lipinski definition) is 8. The predicted molar refractivity (Wildman–Crippen MR) is 123 cm³/mol. The standard InChI is InChI=1S/C20H14Cl2N4O3S2/c1-28-16-7-4-12(8-14(16)22)15-9-30-19(23-15)24-17(27)10-31-20-26-25-18(29-20)11-2-5-13(21)6-3-11/h2-9H,10H2,1H3,(H,23,24,27). The minimum Gasteiger partial charge on any atom is -0.495 e. The zero-order valence-electron chi connectivity index (χ0n) is 16.0. The fourth-order valence-electron chi connectivity index (χ4n) is 2.55. The second kappa shape index (κ2) is 9.69. The lowest BCUT2D eigenvalue weighted by Gasteiger charge is -2.04. The third-order valence-electron chi connectivity index (χ3n) is 4.02. The zero-order valence-corrected chi connectivity index (χ0v) is 19.1. The number of carbonyl (C=O) groups excluding carboxylic acids is 1. The van der Waals surface area contributed by atoms with Crippen LogP contribution in [0, 0.1) is 0 Å². The maximum atomic E-state index is 12.3. The summed E-state index contributed by atoms with van der Waals surface area (Å²) in [5.74, 6) is 0.824. The summed E-state index contributed by atoms with van der Waals surface area (Å²) in [6, 6.07) is 12.4. The van der Waals surface area contributed by atoms with Crippen LogP contribution < -0.4 is 10.1 Å². The monoisotopic (exact) mass is 492 g/mol. The van der Waals surface area contributed by atoms with E-state index in [-0.39, 0.29) is 11.7 Å². The highest BCUT2D eigenvalue weighted by Gasteiger charge is 2.13. The van der Waals surface area contributed by atoms with E-state index in [1.165, 1.54) is 11.3 Å². The number of benzene rings is 2. The molecule has 2 aromatic carbocycles. The summed E-state index contributed by atoms with van der Waals surface area (Å²) in [6.45, 7) is 0. The molecule has 4 aromatic rings. The van der Waals surface area contributed by atoms with Crippen LogP contribution in [0.1, 0.15) is 0 Å². The van der Waals surface area contributed by atoms with Crippen molar-refractivity contribution >= 4 is 57.3 Å². The minimum absolute atomic E-state index is 0.103. The number of amides is 1. The lowest BCUT2D eigenvalue weighted by atomic mass is 10.2. The van der Waals surface area contributed by atoms with E-state index in [2.05, 4.69) is 20.5 Å². The maximum absolute atomic E-state index is 12.3. The molecule has 158 valence electrons. The van der Waals surface area contributed by atoms with E-state index < -0.39 is 0 Å². The van der Waals surface area contributed by atoms with E-state index in [0.29, 0.717) is 37.7 Å². The molecule has 0 aliphatic rings. The van der Waals surface area contributed by atoms with Gasteiger partial charge in [0.2, 0.25) is 11.8 Å². The Kier molecular flexibility index (Phi) is 6.77. The van der Waals surface area contributed by atoms with Crippen LogP contribution in [0.25, 0.3) is 22.7 Å². The predicted octanol–water partition coefficient (Wildman–Crippen LogP) is 5.91. The third-order valence-corrected chi connectivity index (χ3v) is 6.15. The van der Waals surface area contributed by atoms with Gasteiger partial charge in [-0.1, -0.05) is 35.0 Å². The molecule has 0 saturated carbocycles. The first-order chi connectivity index (χ1) is 15.0. The van der Waals surface area contributed by atoms with Crippen molar-refractivity contribution in [1.29, 1.82) is 0 Å². The Morgan fingerprint density at radius 3 is 2.68 bits per heavy atom. The van der Waals surface area contributed by atoms with Crippen LogP contribution in [0.15, 0.2) is 57.5 Å². The summed E-state index contributed by atoms with van der Waals surface area (Å²) >= 11 is 14.5. The molecule has 31 heavy (non-hydrogen) atoms. The van der Waals surface area contributed by atoms with Crippen molar-refractivity contribution in [3.05, 3.63) is 57.9 Å². The van der Waals surface area contributed by atoms with Crippen molar-refractivity contribution in [2.45, 2.75) is 5.22 Å². The van der Waals surface area contributed by atoms with Gasteiger partial charge in [0, 0.05) is 21.5 Å². The Balaban J connectivity index is 1.34. The van der Waals surface area contributed by atoms with Crippen molar-refractivity contribution in [2.75, 3.05) is 18.2 Å². The van der Waals surface area contributed by atoms with Crippen LogP contribution in [0.2, 0.25) is 10.0 Å². The third kappa shape index (κ3) is 5.37. The molecular weight excluding hydrogens is 479 g/mol. The molecule has 2 heterocycles. The molecule has 7 nitrogen and oxygen atoms in total. The number of anilines is 1. The molecule has 2 aromatic heterocycles. The van der Waals surface area contributed by atoms with Gasteiger partial charge in [-0.3, -0.25) is 4.79 Å². The second-order valence-corrected chi connectivity index (χ2v) is 8.73. The first-order valence-electron chi connectivity index (χ1n) is 8.83. The first-order valence-corrected chi connectivity index (χ1v) is 11.5. The molecule has 0 radical (unpaired) electrons. The fraction of sp³-hybridized carbons (Fsp3) is 0.100. The highest BCUT2D eigenvalue weighted by molar-refractivity contribution is 7.99. The molecule has 1 N–H and O–H groups in total.